The molecule has 0 fully saturated rings. The summed E-state index contributed by atoms with van der Waals surface area (Å²) in [5.41, 5.74) is 0.866. The van der Waals surface area contributed by atoms with E-state index in [-0.39, 0.29) is 27.2 Å². The molecule has 0 saturated carbocycles. The highest BCUT2D eigenvalue weighted by molar-refractivity contribution is 7.93. The van der Waals surface area contributed by atoms with Gasteiger partial charge in [0.25, 0.3) is 10.0 Å². The van der Waals surface area contributed by atoms with Crippen LogP contribution in [-0.2, 0) is 23.0 Å². The fraction of sp³-hybridized carbons (Fsp3) is 0.250. The summed E-state index contributed by atoms with van der Waals surface area (Å²) in [5, 5.41) is 1.74. The predicted octanol–water partition coefficient (Wildman–Crippen LogP) is 4.91. The van der Waals surface area contributed by atoms with Crippen LogP contribution in [0.15, 0.2) is 46.8 Å². The third-order valence-electron chi connectivity index (χ3n) is 4.49. The van der Waals surface area contributed by atoms with Crippen molar-refractivity contribution in [1.29, 1.82) is 0 Å². The van der Waals surface area contributed by atoms with Gasteiger partial charge in [0.2, 0.25) is 0 Å². The van der Waals surface area contributed by atoms with Crippen molar-refractivity contribution < 1.29 is 22.3 Å². The van der Waals surface area contributed by atoms with Gasteiger partial charge < -0.3 is 9.47 Å². The Kier molecular flexibility index (Phi) is 6.84. The van der Waals surface area contributed by atoms with Crippen LogP contribution >= 0.6 is 22.9 Å². The second kappa shape index (κ2) is 9.20. The Labute approximate surface area is 183 Å². The maximum atomic E-state index is 14.1. The van der Waals surface area contributed by atoms with Crippen molar-refractivity contribution in [3.05, 3.63) is 63.9 Å². The second-order valence-corrected chi connectivity index (χ2v) is 9.34. The molecule has 160 valence electrons. The van der Waals surface area contributed by atoms with Crippen molar-refractivity contribution in [2.24, 2.45) is 0 Å². The smallest absolute Gasteiger partial charge is 0.267 e. The van der Waals surface area contributed by atoms with Crippen LogP contribution in [0, 0.1) is 5.82 Å². The van der Waals surface area contributed by atoms with E-state index in [2.05, 4.69) is 4.98 Å². The van der Waals surface area contributed by atoms with Crippen molar-refractivity contribution in [2.75, 3.05) is 18.5 Å². The maximum absolute atomic E-state index is 14.1. The number of anilines is 1. The Morgan fingerprint density at radius 3 is 2.53 bits per heavy atom. The molecule has 0 unspecified atom stereocenters. The molecule has 0 spiro atoms. The normalized spacial score (nSPS) is 11.4. The van der Waals surface area contributed by atoms with Gasteiger partial charge in [-0.2, -0.15) is 0 Å². The molecule has 0 N–H and O–H groups in total. The molecule has 10 heteroatoms. The molecule has 0 amide bonds. The lowest BCUT2D eigenvalue weighted by Crippen LogP contribution is -2.31. The van der Waals surface area contributed by atoms with Crippen LogP contribution in [0.25, 0.3) is 0 Å². The van der Waals surface area contributed by atoms with Gasteiger partial charge in [-0.05, 0) is 36.2 Å². The Bertz CT molecular complexity index is 1140. The lowest BCUT2D eigenvalue weighted by Gasteiger charge is -2.24. The van der Waals surface area contributed by atoms with Gasteiger partial charge in [-0.25, -0.2) is 22.1 Å². The molecule has 0 radical (unpaired) electrons. The van der Waals surface area contributed by atoms with Crippen LogP contribution in [0.4, 0.5) is 9.52 Å². The zero-order valence-corrected chi connectivity index (χ0v) is 18.9. The van der Waals surface area contributed by atoms with E-state index >= 15 is 0 Å². The van der Waals surface area contributed by atoms with Gasteiger partial charge in [0, 0.05) is 23.2 Å². The zero-order valence-electron chi connectivity index (χ0n) is 16.6. The van der Waals surface area contributed by atoms with Gasteiger partial charge in [0.1, 0.15) is 22.2 Å². The minimum atomic E-state index is -4.15. The van der Waals surface area contributed by atoms with Crippen molar-refractivity contribution >= 4 is 38.1 Å². The molecule has 0 aliphatic carbocycles. The number of halogens is 2. The third kappa shape index (κ3) is 4.38. The van der Waals surface area contributed by atoms with Crippen LogP contribution in [0.3, 0.4) is 0 Å². The molecular weight excluding hydrogens is 451 g/mol. The standard InChI is InChI=1S/C20H20ClFN2O4S2/c1-4-13-9-19(16(21)11-17(13)22)30(25,26)24(20-23-7-8-29-20)12-14-5-6-15(27-2)10-18(14)28-3/h5-11H,4,12H2,1-3H3. The molecule has 0 atom stereocenters. The summed E-state index contributed by atoms with van der Waals surface area (Å²) < 4.78 is 53.0. The van der Waals surface area contributed by atoms with E-state index in [0.717, 1.165) is 21.7 Å². The molecule has 0 saturated heterocycles. The summed E-state index contributed by atoms with van der Waals surface area (Å²) >= 11 is 7.31. The van der Waals surface area contributed by atoms with Gasteiger partial charge in [-0.15, -0.1) is 11.3 Å². The van der Waals surface area contributed by atoms with Crippen molar-refractivity contribution in [2.45, 2.75) is 24.8 Å². The highest BCUT2D eigenvalue weighted by Gasteiger charge is 2.31. The molecule has 1 heterocycles. The van der Waals surface area contributed by atoms with E-state index in [1.807, 2.05) is 0 Å². The fourth-order valence-electron chi connectivity index (χ4n) is 2.89. The number of hydrogen-bond donors (Lipinski definition) is 0. The van der Waals surface area contributed by atoms with Crippen molar-refractivity contribution in [3.8, 4) is 11.5 Å². The monoisotopic (exact) mass is 470 g/mol. The Morgan fingerprint density at radius 1 is 1.17 bits per heavy atom. The lowest BCUT2D eigenvalue weighted by molar-refractivity contribution is 0.391. The summed E-state index contributed by atoms with van der Waals surface area (Å²) in [6, 6.07) is 7.41. The topological polar surface area (TPSA) is 68.7 Å². The van der Waals surface area contributed by atoms with Crippen LogP contribution in [-0.4, -0.2) is 27.6 Å². The fourth-order valence-corrected chi connectivity index (χ4v) is 5.70. The van der Waals surface area contributed by atoms with E-state index < -0.39 is 15.8 Å². The van der Waals surface area contributed by atoms with E-state index in [9.17, 15) is 12.8 Å². The molecule has 0 aliphatic rings. The van der Waals surface area contributed by atoms with Crippen LogP contribution in [0.1, 0.15) is 18.1 Å². The van der Waals surface area contributed by atoms with Crippen molar-refractivity contribution in [3.63, 3.8) is 0 Å². The quantitative estimate of drug-likeness (QED) is 0.468. The first-order chi connectivity index (χ1) is 14.3. The first-order valence-electron chi connectivity index (χ1n) is 8.92. The Balaban J connectivity index is 2.12. The number of nitrogens with zero attached hydrogens (tertiary/aromatic N) is 2. The molecule has 6 nitrogen and oxygen atoms in total. The number of sulfonamides is 1. The van der Waals surface area contributed by atoms with E-state index in [4.69, 9.17) is 21.1 Å². The minimum Gasteiger partial charge on any atom is -0.497 e. The van der Waals surface area contributed by atoms with Crippen LogP contribution in [0.2, 0.25) is 5.02 Å². The second-order valence-electron chi connectivity index (χ2n) is 6.23. The number of aromatic nitrogens is 1. The average Bonchev–Trinajstić information content (AvgIpc) is 3.26. The summed E-state index contributed by atoms with van der Waals surface area (Å²) in [5.74, 6) is 0.498. The molecule has 3 aromatic rings. The number of rotatable bonds is 8. The SMILES string of the molecule is CCc1cc(S(=O)(=O)N(Cc2ccc(OC)cc2OC)c2nccs2)c(Cl)cc1F. The van der Waals surface area contributed by atoms with E-state index in [0.29, 0.717) is 23.5 Å². The number of benzene rings is 2. The maximum Gasteiger partial charge on any atom is 0.267 e. The van der Waals surface area contributed by atoms with Gasteiger partial charge in [0.05, 0.1) is 25.8 Å². The summed E-state index contributed by atoms with van der Waals surface area (Å²) in [4.78, 5) is 3.99. The summed E-state index contributed by atoms with van der Waals surface area (Å²) in [6.07, 6.45) is 1.84. The Hall–Kier alpha value is -2.36. The first kappa shape index (κ1) is 22.3. The molecule has 0 bridgehead atoms. The van der Waals surface area contributed by atoms with Crippen LogP contribution < -0.4 is 13.8 Å². The van der Waals surface area contributed by atoms with E-state index in [1.54, 1.807) is 30.5 Å². The van der Waals surface area contributed by atoms with Gasteiger partial charge >= 0.3 is 0 Å². The predicted molar refractivity (Wildman–Crippen MR) is 116 cm³/mol. The number of hydrogen-bond acceptors (Lipinski definition) is 6. The lowest BCUT2D eigenvalue weighted by atomic mass is 10.1. The van der Waals surface area contributed by atoms with Crippen LogP contribution in [0.5, 0.6) is 11.5 Å². The number of methoxy groups -OCH3 is 2. The highest BCUT2D eigenvalue weighted by atomic mass is 35.5. The molecule has 2 aromatic carbocycles. The van der Waals surface area contributed by atoms with E-state index in [1.165, 1.54) is 26.5 Å². The summed E-state index contributed by atoms with van der Waals surface area (Å²) in [6.45, 7) is 1.68. The number of ether oxygens (including phenoxy) is 2. The zero-order chi connectivity index (χ0) is 21.9. The van der Waals surface area contributed by atoms with Gasteiger partial charge in [0.15, 0.2) is 5.13 Å². The largest absolute Gasteiger partial charge is 0.497 e. The molecular formula is C20H20ClFN2O4S2. The molecule has 1 aromatic heterocycles. The third-order valence-corrected chi connectivity index (χ3v) is 7.60. The molecule has 0 aliphatic heterocycles. The summed E-state index contributed by atoms with van der Waals surface area (Å²) in [7, 11) is -1.13. The highest BCUT2D eigenvalue weighted by Crippen LogP contribution is 2.35. The molecule has 30 heavy (non-hydrogen) atoms. The van der Waals surface area contributed by atoms with Gasteiger partial charge in [-0.3, -0.25) is 0 Å². The average molecular weight is 471 g/mol. The number of thiazole rings is 1. The van der Waals surface area contributed by atoms with Gasteiger partial charge in [-0.1, -0.05) is 18.5 Å². The minimum absolute atomic E-state index is 0.0574. The number of aryl methyl sites for hydroxylation is 1. The first-order valence-corrected chi connectivity index (χ1v) is 11.6. The van der Waals surface area contributed by atoms with Crippen molar-refractivity contribution in [1.82, 2.24) is 4.98 Å². The Morgan fingerprint density at radius 2 is 1.93 bits per heavy atom. The molecule has 3 rings (SSSR count).